The molecule has 1 aromatic rings. The zero-order chi connectivity index (χ0) is 8.60. The molecule has 1 aromatic heterocycles. The Hall–Kier alpha value is -0.900. The number of aromatic nitrogens is 3. The lowest BCUT2D eigenvalue weighted by molar-refractivity contribution is 0.545. The first-order chi connectivity index (χ1) is 5.82. The van der Waals surface area contributed by atoms with Gasteiger partial charge in [-0.05, 0) is 19.8 Å². The van der Waals surface area contributed by atoms with Crippen LogP contribution in [0.3, 0.4) is 0 Å². The molecule has 0 saturated heterocycles. The third kappa shape index (κ3) is 0.948. The van der Waals surface area contributed by atoms with E-state index in [2.05, 4.69) is 17.0 Å². The molecule has 1 heterocycles. The zero-order valence-corrected chi connectivity index (χ0v) is 7.32. The highest BCUT2D eigenvalue weighted by Crippen LogP contribution is 2.45. The molecule has 1 fully saturated rings. The van der Waals surface area contributed by atoms with E-state index in [0.717, 1.165) is 12.4 Å². The maximum absolute atomic E-state index is 5.70. The van der Waals surface area contributed by atoms with Gasteiger partial charge < -0.3 is 5.73 Å². The van der Waals surface area contributed by atoms with E-state index >= 15 is 0 Å². The molecule has 1 aliphatic carbocycles. The minimum absolute atomic E-state index is 0.173. The number of aryl methyl sites for hydroxylation is 1. The summed E-state index contributed by atoms with van der Waals surface area (Å²) in [6.45, 7) is 3.66. The minimum Gasteiger partial charge on any atom is -0.329 e. The predicted octanol–water partition coefficient (Wildman–Crippen LogP) is 0.288. The molecule has 2 N–H and O–H groups in total. The van der Waals surface area contributed by atoms with Crippen molar-refractivity contribution >= 4 is 0 Å². The molecule has 66 valence electrons. The highest BCUT2D eigenvalue weighted by Gasteiger charge is 2.46. The Balaban J connectivity index is 2.32. The van der Waals surface area contributed by atoms with E-state index in [0.29, 0.717) is 6.54 Å². The molecule has 2 rings (SSSR count). The lowest BCUT2D eigenvalue weighted by Crippen LogP contribution is -2.24. The summed E-state index contributed by atoms with van der Waals surface area (Å²) in [6.07, 6.45) is 3.96. The van der Waals surface area contributed by atoms with Crippen molar-refractivity contribution < 1.29 is 0 Å². The fourth-order valence-corrected chi connectivity index (χ4v) is 1.58. The third-order valence-corrected chi connectivity index (χ3v) is 2.63. The molecule has 0 unspecified atom stereocenters. The second kappa shape index (κ2) is 2.55. The molecular weight excluding hydrogens is 152 g/mol. The molecule has 0 radical (unpaired) electrons. The van der Waals surface area contributed by atoms with Gasteiger partial charge in [0.2, 0.25) is 0 Å². The van der Waals surface area contributed by atoms with Crippen LogP contribution in [-0.4, -0.2) is 21.3 Å². The van der Waals surface area contributed by atoms with Crippen molar-refractivity contribution in [2.45, 2.75) is 31.7 Å². The maximum atomic E-state index is 5.70. The molecule has 1 aliphatic rings. The Labute approximate surface area is 71.8 Å². The summed E-state index contributed by atoms with van der Waals surface area (Å²) in [5.41, 5.74) is 5.88. The van der Waals surface area contributed by atoms with Crippen LogP contribution in [-0.2, 0) is 12.0 Å². The van der Waals surface area contributed by atoms with Crippen molar-refractivity contribution in [1.82, 2.24) is 14.8 Å². The smallest absolute Gasteiger partial charge is 0.138 e. The van der Waals surface area contributed by atoms with E-state index in [1.165, 1.54) is 12.8 Å². The van der Waals surface area contributed by atoms with Gasteiger partial charge in [-0.2, -0.15) is 5.10 Å². The van der Waals surface area contributed by atoms with E-state index in [1.807, 2.05) is 4.68 Å². The van der Waals surface area contributed by atoms with E-state index in [4.69, 9.17) is 5.73 Å². The number of nitrogens with zero attached hydrogens (tertiary/aromatic N) is 3. The molecule has 0 bridgehead atoms. The first-order valence-electron chi connectivity index (χ1n) is 4.41. The quantitative estimate of drug-likeness (QED) is 0.702. The van der Waals surface area contributed by atoms with E-state index in [9.17, 15) is 0 Å². The predicted molar refractivity (Wildman–Crippen MR) is 45.7 cm³/mol. The second-order valence-electron chi connectivity index (χ2n) is 3.38. The van der Waals surface area contributed by atoms with Gasteiger partial charge in [0.25, 0.3) is 0 Å². The first-order valence-corrected chi connectivity index (χ1v) is 4.41. The van der Waals surface area contributed by atoms with Crippen LogP contribution in [0, 0.1) is 0 Å². The number of nitrogens with two attached hydrogens (primary N) is 1. The van der Waals surface area contributed by atoms with Crippen molar-refractivity contribution in [3.63, 3.8) is 0 Å². The van der Waals surface area contributed by atoms with Crippen LogP contribution in [0.5, 0.6) is 0 Å². The molecule has 0 aliphatic heterocycles. The molecular formula is C8H14N4. The van der Waals surface area contributed by atoms with Crippen molar-refractivity contribution in [2.24, 2.45) is 5.73 Å². The molecule has 0 aromatic carbocycles. The zero-order valence-electron chi connectivity index (χ0n) is 7.32. The summed E-state index contributed by atoms with van der Waals surface area (Å²) < 4.78 is 1.94. The molecule has 4 heteroatoms. The molecule has 0 spiro atoms. The summed E-state index contributed by atoms with van der Waals surface area (Å²) in [5, 5.41) is 4.14. The second-order valence-corrected chi connectivity index (χ2v) is 3.38. The van der Waals surface area contributed by atoms with Crippen LogP contribution >= 0.6 is 0 Å². The molecule has 4 nitrogen and oxygen atoms in total. The lowest BCUT2D eigenvalue weighted by atomic mass is 10.1. The number of rotatable bonds is 3. The fraction of sp³-hybridized carbons (Fsp3) is 0.750. The number of hydrogen-bond donors (Lipinski definition) is 1. The van der Waals surface area contributed by atoms with Crippen LogP contribution in [0.2, 0.25) is 0 Å². The Morgan fingerprint density at radius 2 is 2.42 bits per heavy atom. The Morgan fingerprint density at radius 3 is 2.92 bits per heavy atom. The SMILES string of the molecule is CCn1ncnc1C1(CN)CC1. The maximum Gasteiger partial charge on any atom is 0.138 e. The van der Waals surface area contributed by atoms with E-state index < -0.39 is 0 Å². The van der Waals surface area contributed by atoms with Gasteiger partial charge in [0.15, 0.2) is 0 Å². The van der Waals surface area contributed by atoms with Gasteiger partial charge in [-0.25, -0.2) is 9.67 Å². The van der Waals surface area contributed by atoms with Crippen LogP contribution in [0.1, 0.15) is 25.6 Å². The average Bonchev–Trinajstić information content (AvgIpc) is 2.76. The van der Waals surface area contributed by atoms with Gasteiger partial charge in [0.1, 0.15) is 12.2 Å². The fourth-order valence-electron chi connectivity index (χ4n) is 1.58. The van der Waals surface area contributed by atoms with Crippen LogP contribution < -0.4 is 5.73 Å². The molecule has 0 amide bonds. The Kier molecular flexibility index (Phi) is 1.65. The summed E-state index contributed by atoms with van der Waals surface area (Å²) in [7, 11) is 0. The van der Waals surface area contributed by atoms with Gasteiger partial charge >= 0.3 is 0 Å². The first kappa shape index (κ1) is 7.73. The summed E-state index contributed by atoms with van der Waals surface area (Å²) in [5.74, 6) is 1.08. The third-order valence-electron chi connectivity index (χ3n) is 2.63. The monoisotopic (exact) mass is 166 g/mol. The van der Waals surface area contributed by atoms with Crippen LogP contribution in [0.15, 0.2) is 6.33 Å². The van der Waals surface area contributed by atoms with Crippen LogP contribution in [0.4, 0.5) is 0 Å². The molecule has 12 heavy (non-hydrogen) atoms. The highest BCUT2D eigenvalue weighted by molar-refractivity contribution is 5.18. The van der Waals surface area contributed by atoms with Crippen molar-refractivity contribution in [1.29, 1.82) is 0 Å². The Bertz CT molecular complexity index is 274. The van der Waals surface area contributed by atoms with Gasteiger partial charge in [0, 0.05) is 18.5 Å². The van der Waals surface area contributed by atoms with Crippen molar-refractivity contribution in [3.8, 4) is 0 Å². The standard InChI is InChI=1S/C8H14N4/c1-2-12-7(10-6-11-12)8(5-9)3-4-8/h6H,2-5,9H2,1H3. The average molecular weight is 166 g/mol. The number of hydrogen-bond acceptors (Lipinski definition) is 3. The van der Waals surface area contributed by atoms with Crippen molar-refractivity contribution in [3.05, 3.63) is 12.2 Å². The van der Waals surface area contributed by atoms with Crippen LogP contribution in [0.25, 0.3) is 0 Å². The highest BCUT2D eigenvalue weighted by atomic mass is 15.3. The Morgan fingerprint density at radius 1 is 1.67 bits per heavy atom. The van der Waals surface area contributed by atoms with Gasteiger partial charge in [0.05, 0.1) is 0 Å². The van der Waals surface area contributed by atoms with Gasteiger partial charge in [-0.15, -0.1) is 0 Å². The topological polar surface area (TPSA) is 56.7 Å². The molecule has 1 saturated carbocycles. The van der Waals surface area contributed by atoms with E-state index in [1.54, 1.807) is 6.33 Å². The normalized spacial score (nSPS) is 19.5. The lowest BCUT2D eigenvalue weighted by Gasteiger charge is -2.11. The summed E-state index contributed by atoms with van der Waals surface area (Å²) in [4.78, 5) is 4.26. The van der Waals surface area contributed by atoms with Gasteiger partial charge in [-0.3, -0.25) is 0 Å². The van der Waals surface area contributed by atoms with Crippen molar-refractivity contribution in [2.75, 3.05) is 6.54 Å². The molecule has 0 atom stereocenters. The summed E-state index contributed by atoms with van der Waals surface area (Å²) in [6, 6.07) is 0. The largest absolute Gasteiger partial charge is 0.329 e. The van der Waals surface area contributed by atoms with Gasteiger partial charge in [-0.1, -0.05) is 0 Å². The van der Waals surface area contributed by atoms with E-state index in [-0.39, 0.29) is 5.41 Å². The minimum atomic E-state index is 0.173. The summed E-state index contributed by atoms with van der Waals surface area (Å²) >= 11 is 0.